The molecule has 0 saturated carbocycles. The van der Waals surface area contributed by atoms with E-state index in [2.05, 4.69) is 23.3 Å². The largest absolute Gasteiger partial charge is 0.0713 e. The van der Waals surface area contributed by atoms with Crippen LogP contribution in [-0.2, 0) is 0 Å². The Morgan fingerprint density at radius 2 is 1.78 bits per heavy atom. The molecule has 9 heavy (non-hydrogen) atoms. The highest BCUT2D eigenvalue weighted by atomic mass is 28.3. The lowest BCUT2D eigenvalue weighted by atomic mass is 10.3. The van der Waals surface area contributed by atoms with Crippen molar-refractivity contribution in [1.29, 1.82) is 0 Å². The summed E-state index contributed by atoms with van der Waals surface area (Å²) < 4.78 is 0. The summed E-state index contributed by atoms with van der Waals surface area (Å²) in [5.74, 6) is 0. The van der Waals surface area contributed by atoms with Gasteiger partial charge in [0.15, 0.2) is 0 Å². The summed E-state index contributed by atoms with van der Waals surface area (Å²) in [5.41, 5.74) is 0. The second-order valence-corrected chi connectivity index (χ2v) is 6.18. The smallest absolute Gasteiger partial charge is 0.0412 e. The zero-order chi connectivity index (χ0) is 7.11. The van der Waals surface area contributed by atoms with Crippen LogP contribution in [0, 0.1) is 0 Å². The molecule has 0 aromatic carbocycles. The third-order valence-corrected chi connectivity index (χ3v) is 3.06. The topological polar surface area (TPSA) is 0 Å². The van der Waals surface area contributed by atoms with Crippen molar-refractivity contribution < 1.29 is 0 Å². The van der Waals surface area contributed by atoms with E-state index in [0.29, 0.717) is 0 Å². The summed E-state index contributed by atoms with van der Waals surface area (Å²) in [5, 5.41) is 0. The van der Waals surface area contributed by atoms with Crippen molar-refractivity contribution >= 4 is 19.0 Å². The Labute approximate surface area is 64.1 Å². The Balaban J connectivity index is 2.75. The third kappa shape index (κ3) is 8.43. The SMILES string of the molecule is C[Si](C)CCCCC[Si]. The predicted molar refractivity (Wildman–Crippen MR) is 46.7 cm³/mol. The fraction of sp³-hybridized carbons (Fsp3) is 1.00. The molecule has 52 valence electrons. The maximum atomic E-state index is 3.47. The van der Waals surface area contributed by atoms with Crippen LogP contribution in [0.5, 0.6) is 0 Å². The lowest BCUT2D eigenvalue weighted by Gasteiger charge is -2.00. The van der Waals surface area contributed by atoms with Crippen LogP contribution >= 0.6 is 0 Å². The van der Waals surface area contributed by atoms with Gasteiger partial charge in [-0.1, -0.05) is 44.4 Å². The first kappa shape index (κ1) is 9.43. The summed E-state index contributed by atoms with van der Waals surface area (Å²) in [7, 11) is 3.54. The molecule has 0 fully saturated rings. The van der Waals surface area contributed by atoms with Crippen molar-refractivity contribution in [2.24, 2.45) is 0 Å². The first-order valence-electron chi connectivity index (χ1n) is 3.71. The molecule has 0 aliphatic heterocycles. The van der Waals surface area contributed by atoms with E-state index in [0.717, 1.165) is 0 Å². The van der Waals surface area contributed by atoms with Crippen LogP contribution in [0.25, 0.3) is 0 Å². The average Bonchev–Trinajstić information content (AvgIpc) is 1.80. The monoisotopic (exact) mass is 156 g/mol. The third-order valence-electron chi connectivity index (χ3n) is 1.35. The van der Waals surface area contributed by atoms with E-state index in [4.69, 9.17) is 0 Å². The van der Waals surface area contributed by atoms with Crippen LogP contribution in [0.15, 0.2) is 0 Å². The Bertz CT molecular complexity index is 52.9. The molecule has 0 aliphatic carbocycles. The molecular formula is C7H16Si2. The van der Waals surface area contributed by atoms with Crippen molar-refractivity contribution in [2.75, 3.05) is 0 Å². The van der Waals surface area contributed by atoms with Crippen LogP contribution in [0.1, 0.15) is 19.3 Å². The molecule has 0 nitrogen and oxygen atoms in total. The summed E-state index contributed by atoms with van der Waals surface area (Å²) in [6, 6.07) is 2.67. The minimum Gasteiger partial charge on any atom is -0.0713 e. The Morgan fingerprint density at radius 3 is 2.22 bits per heavy atom. The molecule has 0 unspecified atom stereocenters. The summed E-state index contributed by atoms with van der Waals surface area (Å²) in [6.07, 6.45) is 4.22. The maximum absolute atomic E-state index is 3.47. The van der Waals surface area contributed by atoms with Crippen molar-refractivity contribution in [3.05, 3.63) is 0 Å². The molecular weight excluding hydrogens is 140 g/mol. The maximum Gasteiger partial charge on any atom is 0.0412 e. The molecule has 0 spiro atoms. The molecule has 0 rings (SSSR count). The average molecular weight is 156 g/mol. The standard InChI is InChI=1S/C7H16Si2/c1-9(2)7-5-3-4-6-8/h3-7H2,1-2H3. The van der Waals surface area contributed by atoms with Crippen LogP contribution in [-0.4, -0.2) is 19.0 Å². The van der Waals surface area contributed by atoms with E-state index >= 15 is 0 Å². The van der Waals surface area contributed by atoms with Gasteiger partial charge >= 0.3 is 0 Å². The highest BCUT2D eigenvalue weighted by Gasteiger charge is 1.93. The van der Waals surface area contributed by atoms with E-state index in [-0.39, 0.29) is 8.80 Å². The second kappa shape index (κ2) is 6.55. The number of hydrogen-bond acceptors (Lipinski definition) is 0. The van der Waals surface area contributed by atoms with Crippen LogP contribution in [0.3, 0.4) is 0 Å². The van der Waals surface area contributed by atoms with E-state index in [1.165, 1.54) is 31.4 Å². The highest BCUT2D eigenvalue weighted by molar-refractivity contribution is 6.55. The van der Waals surface area contributed by atoms with E-state index < -0.39 is 0 Å². The quantitative estimate of drug-likeness (QED) is 0.424. The minimum atomic E-state index is 0.0690. The van der Waals surface area contributed by atoms with Crippen LogP contribution in [0.2, 0.25) is 25.2 Å². The molecule has 0 heterocycles. The summed E-state index contributed by atoms with van der Waals surface area (Å²) >= 11 is 0. The van der Waals surface area contributed by atoms with Gasteiger partial charge in [-0.05, 0) is 0 Å². The van der Waals surface area contributed by atoms with Crippen molar-refractivity contribution in [2.45, 2.75) is 44.4 Å². The van der Waals surface area contributed by atoms with Crippen molar-refractivity contribution in [1.82, 2.24) is 0 Å². The number of rotatable bonds is 5. The van der Waals surface area contributed by atoms with Gasteiger partial charge in [0, 0.05) is 19.0 Å². The van der Waals surface area contributed by atoms with E-state index in [1.807, 2.05) is 0 Å². The molecule has 0 amide bonds. The summed E-state index contributed by atoms with van der Waals surface area (Å²) in [4.78, 5) is 0. The molecule has 0 aromatic heterocycles. The highest BCUT2D eigenvalue weighted by Crippen LogP contribution is 2.04. The Morgan fingerprint density at radius 1 is 1.11 bits per heavy atom. The molecule has 0 aliphatic rings. The minimum absolute atomic E-state index is 0.0690. The number of hydrogen-bond donors (Lipinski definition) is 0. The Hall–Kier alpha value is 0.434. The molecule has 0 saturated heterocycles. The van der Waals surface area contributed by atoms with Gasteiger partial charge in [-0.15, -0.1) is 0 Å². The fourth-order valence-corrected chi connectivity index (χ4v) is 1.99. The van der Waals surface area contributed by atoms with Gasteiger partial charge in [-0.3, -0.25) is 0 Å². The van der Waals surface area contributed by atoms with Crippen molar-refractivity contribution in [3.8, 4) is 0 Å². The predicted octanol–water partition coefficient (Wildman–Crippen LogP) is 2.50. The van der Waals surface area contributed by atoms with Gasteiger partial charge in [-0.25, -0.2) is 0 Å². The van der Waals surface area contributed by atoms with Gasteiger partial charge in [-0.2, -0.15) is 0 Å². The molecule has 4 radical (unpaired) electrons. The molecule has 0 atom stereocenters. The van der Waals surface area contributed by atoms with Gasteiger partial charge in [0.2, 0.25) is 0 Å². The molecule has 2 heteroatoms. The van der Waals surface area contributed by atoms with Crippen LogP contribution in [0.4, 0.5) is 0 Å². The zero-order valence-electron chi connectivity index (χ0n) is 6.54. The van der Waals surface area contributed by atoms with E-state index in [1.54, 1.807) is 0 Å². The fourth-order valence-electron chi connectivity index (χ4n) is 0.780. The van der Waals surface area contributed by atoms with Crippen molar-refractivity contribution in [3.63, 3.8) is 0 Å². The Kier molecular flexibility index (Phi) is 6.87. The molecule has 0 aromatic rings. The second-order valence-electron chi connectivity index (χ2n) is 2.77. The molecule has 0 bridgehead atoms. The number of unbranched alkanes of at least 4 members (excludes halogenated alkanes) is 2. The van der Waals surface area contributed by atoms with Crippen LogP contribution < -0.4 is 0 Å². The molecule has 0 N–H and O–H groups in total. The summed E-state index contributed by atoms with van der Waals surface area (Å²) in [6.45, 7) is 4.77. The lowest BCUT2D eigenvalue weighted by Crippen LogP contribution is -1.97. The zero-order valence-corrected chi connectivity index (χ0v) is 8.54. The van der Waals surface area contributed by atoms with Gasteiger partial charge in [0.25, 0.3) is 0 Å². The van der Waals surface area contributed by atoms with E-state index in [9.17, 15) is 0 Å². The van der Waals surface area contributed by atoms with Gasteiger partial charge in [0.1, 0.15) is 0 Å². The normalized spacial score (nSPS) is 10.7. The van der Waals surface area contributed by atoms with Gasteiger partial charge in [0.05, 0.1) is 0 Å². The first-order valence-corrected chi connectivity index (χ1v) is 7.12. The van der Waals surface area contributed by atoms with Gasteiger partial charge < -0.3 is 0 Å². The first-order chi connectivity index (χ1) is 4.27. The lowest BCUT2D eigenvalue weighted by molar-refractivity contribution is 0.765.